The maximum absolute atomic E-state index is 13.3. The monoisotopic (exact) mass is 391 g/mol. The van der Waals surface area contributed by atoms with Crippen molar-refractivity contribution in [3.8, 4) is 0 Å². The Morgan fingerprint density at radius 3 is 2.36 bits per heavy atom. The molecule has 1 unspecified atom stereocenters. The third-order valence-corrected chi connectivity index (χ3v) is 7.03. The number of hydrogen-bond acceptors (Lipinski definition) is 3. The molecule has 3 aromatic carbocycles. The molecule has 0 N–H and O–H groups in total. The normalized spacial score (nSPS) is 16.0. The van der Waals surface area contributed by atoms with E-state index in [0.717, 1.165) is 23.0 Å². The van der Waals surface area contributed by atoms with E-state index in [9.17, 15) is 13.2 Å². The summed E-state index contributed by atoms with van der Waals surface area (Å²) in [4.78, 5) is 11.9. The summed E-state index contributed by atoms with van der Waals surface area (Å²) in [5.74, 6) is -0.0703. The summed E-state index contributed by atoms with van der Waals surface area (Å²) in [5.41, 5.74) is 4.10. The molecule has 0 spiro atoms. The maximum atomic E-state index is 13.3. The average Bonchev–Trinajstić information content (AvgIpc) is 3.08. The third-order valence-electron chi connectivity index (χ3n) is 5.24. The minimum absolute atomic E-state index is 0.0703. The lowest BCUT2D eigenvalue weighted by Gasteiger charge is -2.20. The number of aryl methyl sites for hydroxylation is 1. The number of benzene rings is 3. The fourth-order valence-corrected chi connectivity index (χ4v) is 5.38. The van der Waals surface area contributed by atoms with Gasteiger partial charge in [0.15, 0.2) is 0 Å². The third kappa shape index (κ3) is 3.22. The van der Waals surface area contributed by atoms with E-state index in [-0.39, 0.29) is 10.8 Å². The van der Waals surface area contributed by atoms with Gasteiger partial charge in [-0.05, 0) is 42.7 Å². The van der Waals surface area contributed by atoms with Crippen LogP contribution in [0.1, 0.15) is 33.0 Å². The van der Waals surface area contributed by atoms with Crippen molar-refractivity contribution in [2.24, 2.45) is 0 Å². The summed E-state index contributed by atoms with van der Waals surface area (Å²) in [7, 11) is -3.70. The first kappa shape index (κ1) is 18.4. The number of nitrogens with zero attached hydrogens (tertiary/aromatic N) is 1. The van der Waals surface area contributed by atoms with E-state index in [0.29, 0.717) is 24.2 Å². The number of anilines is 1. The molecular weight excluding hydrogens is 370 g/mol. The summed E-state index contributed by atoms with van der Waals surface area (Å²) in [6.07, 6.45) is 1.50. The van der Waals surface area contributed by atoms with E-state index in [2.05, 4.69) is 0 Å². The fourth-order valence-electron chi connectivity index (χ4n) is 3.86. The zero-order chi connectivity index (χ0) is 19.7. The van der Waals surface area contributed by atoms with Crippen LogP contribution in [0.25, 0.3) is 0 Å². The molecule has 0 aliphatic carbocycles. The predicted octanol–water partition coefficient (Wildman–Crippen LogP) is 4.34. The maximum Gasteiger partial charge on any atom is 0.264 e. The van der Waals surface area contributed by atoms with E-state index >= 15 is 0 Å². The first-order valence-electron chi connectivity index (χ1n) is 9.22. The van der Waals surface area contributed by atoms with Gasteiger partial charge >= 0.3 is 0 Å². The Balaban J connectivity index is 1.78. The molecule has 0 saturated heterocycles. The number of hydrogen-bond donors (Lipinski definition) is 0. The topological polar surface area (TPSA) is 54.5 Å². The molecule has 0 fully saturated rings. The molecule has 5 heteroatoms. The van der Waals surface area contributed by atoms with Gasteiger partial charge in [0.25, 0.3) is 10.0 Å². The van der Waals surface area contributed by atoms with Gasteiger partial charge < -0.3 is 0 Å². The first-order chi connectivity index (χ1) is 13.5. The van der Waals surface area contributed by atoms with Crippen LogP contribution in [-0.2, 0) is 16.4 Å². The van der Waals surface area contributed by atoms with E-state index < -0.39 is 10.0 Å². The predicted molar refractivity (Wildman–Crippen MR) is 110 cm³/mol. The zero-order valence-electron chi connectivity index (χ0n) is 15.6. The van der Waals surface area contributed by atoms with Crippen molar-refractivity contribution in [2.75, 3.05) is 10.8 Å². The van der Waals surface area contributed by atoms with Gasteiger partial charge in [-0.1, -0.05) is 60.2 Å². The van der Waals surface area contributed by atoms with Gasteiger partial charge in [0, 0.05) is 18.0 Å². The van der Waals surface area contributed by atoms with Crippen molar-refractivity contribution in [2.45, 2.75) is 24.2 Å². The van der Waals surface area contributed by atoms with Crippen LogP contribution in [0.15, 0.2) is 77.7 Å². The van der Waals surface area contributed by atoms with E-state index in [1.165, 1.54) is 4.31 Å². The van der Waals surface area contributed by atoms with Crippen molar-refractivity contribution in [1.29, 1.82) is 0 Å². The highest BCUT2D eigenvalue weighted by atomic mass is 32.2. The second kappa shape index (κ2) is 7.24. The number of aldehydes is 1. The Hall–Kier alpha value is -2.92. The highest BCUT2D eigenvalue weighted by Crippen LogP contribution is 2.42. The molecule has 28 heavy (non-hydrogen) atoms. The fraction of sp³-hybridized carbons (Fsp3) is 0.174. The van der Waals surface area contributed by atoms with Crippen LogP contribution in [0, 0.1) is 6.92 Å². The van der Waals surface area contributed by atoms with Crippen molar-refractivity contribution < 1.29 is 13.2 Å². The molecule has 0 bridgehead atoms. The number of rotatable bonds is 5. The lowest BCUT2D eigenvalue weighted by molar-refractivity contribution is 0.112. The lowest BCUT2D eigenvalue weighted by atomic mass is 9.91. The van der Waals surface area contributed by atoms with Gasteiger partial charge in [-0.2, -0.15) is 0 Å². The second-order valence-corrected chi connectivity index (χ2v) is 9.00. The minimum Gasteiger partial charge on any atom is -0.298 e. The summed E-state index contributed by atoms with van der Waals surface area (Å²) in [6, 6.07) is 22.1. The van der Waals surface area contributed by atoms with Gasteiger partial charge in [0.1, 0.15) is 6.29 Å². The molecule has 4 rings (SSSR count). The smallest absolute Gasteiger partial charge is 0.264 e. The van der Waals surface area contributed by atoms with Crippen LogP contribution >= 0.6 is 0 Å². The summed E-state index contributed by atoms with van der Waals surface area (Å²) < 4.78 is 28.1. The molecule has 0 radical (unpaired) electrons. The van der Waals surface area contributed by atoms with Gasteiger partial charge in [-0.3, -0.25) is 9.10 Å². The van der Waals surface area contributed by atoms with Gasteiger partial charge in [-0.25, -0.2) is 8.42 Å². The number of fused-ring (bicyclic) bond motifs is 1. The molecular formula is C23H21NO3S. The van der Waals surface area contributed by atoms with Crippen LogP contribution in [0.2, 0.25) is 0 Å². The summed E-state index contributed by atoms with van der Waals surface area (Å²) >= 11 is 0. The Kier molecular flexibility index (Phi) is 4.77. The quantitative estimate of drug-likeness (QED) is 0.608. The number of sulfonamides is 1. The Morgan fingerprint density at radius 1 is 0.964 bits per heavy atom. The Labute approximate surface area is 165 Å². The standard InChI is InChI=1S/C23H21NO3S/c1-17-10-12-21(13-11-17)28(26,27)24-15-20(14-18-6-3-2-4-7-18)23-19(16-25)8-5-9-22(23)24/h2-13,16,20H,14-15H2,1H3. The van der Waals surface area contributed by atoms with Gasteiger partial charge in [0.05, 0.1) is 10.6 Å². The molecule has 3 aromatic rings. The van der Waals surface area contributed by atoms with Crippen LogP contribution in [-0.4, -0.2) is 21.2 Å². The molecule has 142 valence electrons. The minimum atomic E-state index is -3.70. The summed E-state index contributed by atoms with van der Waals surface area (Å²) in [6.45, 7) is 2.25. The molecule has 0 saturated carbocycles. The lowest BCUT2D eigenvalue weighted by Crippen LogP contribution is -2.30. The van der Waals surface area contributed by atoms with Crippen LogP contribution in [0.3, 0.4) is 0 Å². The zero-order valence-corrected chi connectivity index (χ0v) is 16.4. The first-order valence-corrected chi connectivity index (χ1v) is 10.7. The second-order valence-electron chi connectivity index (χ2n) is 7.13. The highest BCUT2D eigenvalue weighted by molar-refractivity contribution is 7.92. The van der Waals surface area contributed by atoms with Crippen molar-refractivity contribution in [3.05, 3.63) is 95.1 Å². The van der Waals surface area contributed by atoms with Crippen molar-refractivity contribution >= 4 is 22.0 Å². The van der Waals surface area contributed by atoms with Crippen LogP contribution < -0.4 is 4.31 Å². The average molecular weight is 391 g/mol. The van der Waals surface area contributed by atoms with E-state index in [4.69, 9.17) is 0 Å². The molecule has 1 heterocycles. The largest absolute Gasteiger partial charge is 0.298 e. The van der Waals surface area contributed by atoms with Gasteiger partial charge in [0.2, 0.25) is 0 Å². The number of carbonyl (C=O) groups is 1. The number of carbonyl (C=O) groups excluding carboxylic acids is 1. The highest BCUT2D eigenvalue weighted by Gasteiger charge is 2.37. The SMILES string of the molecule is Cc1ccc(S(=O)(=O)N2CC(Cc3ccccc3)c3c(C=O)cccc32)cc1. The van der Waals surface area contributed by atoms with E-state index in [1.807, 2.05) is 37.3 Å². The van der Waals surface area contributed by atoms with Crippen LogP contribution in [0.4, 0.5) is 5.69 Å². The molecule has 4 nitrogen and oxygen atoms in total. The van der Waals surface area contributed by atoms with E-state index in [1.54, 1.807) is 42.5 Å². The summed E-state index contributed by atoms with van der Waals surface area (Å²) in [5, 5.41) is 0. The molecule has 1 atom stereocenters. The van der Waals surface area contributed by atoms with Crippen molar-refractivity contribution in [1.82, 2.24) is 0 Å². The molecule has 1 aliphatic rings. The van der Waals surface area contributed by atoms with Crippen molar-refractivity contribution in [3.63, 3.8) is 0 Å². The molecule has 0 amide bonds. The van der Waals surface area contributed by atoms with Crippen LogP contribution in [0.5, 0.6) is 0 Å². The Morgan fingerprint density at radius 2 is 1.68 bits per heavy atom. The Bertz CT molecular complexity index is 1110. The van der Waals surface area contributed by atoms with Gasteiger partial charge in [-0.15, -0.1) is 0 Å². The molecule has 1 aliphatic heterocycles. The molecule has 0 aromatic heterocycles.